The van der Waals surface area contributed by atoms with Crippen molar-refractivity contribution in [3.63, 3.8) is 0 Å². The molecule has 0 amide bonds. The molecule has 1 heterocycles. The van der Waals surface area contributed by atoms with Crippen molar-refractivity contribution < 1.29 is 4.42 Å². The second kappa shape index (κ2) is 12.7. The van der Waals surface area contributed by atoms with Crippen molar-refractivity contribution in [1.82, 2.24) is 0 Å². The number of hydrogen-bond donors (Lipinski definition) is 0. The zero-order chi connectivity index (χ0) is 35.2. The molecule has 0 bridgehead atoms. The van der Waals surface area contributed by atoms with E-state index < -0.39 is 0 Å². The maximum atomic E-state index is 6.65. The van der Waals surface area contributed by atoms with Gasteiger partial charge in [-0.3, -0.25) is 0 Å². The van der Waals surface area contributed by atoms with E-state index in [0.717, 1.165) is 39.0 Å². The zero-order valence-corrected chi connectivity index (χ0v) is 29.7. The highest BCUT2D eigenvalue weighted by Crippen LogP contribution is 2.45. The smallest absolute Gasteiger partial charge is 0.159 e. The van der Waals surface area contributed by atoms with Crippen molar-refractivity contribution in [3.8, 4) is 33.4 Å². The Kier molecular flexibility index (Phi) is 7.74. The van der Waals surface area contributed by atoms with E-state index in [9.17, 15) is 0 Å². The Morgan fingerprint density at radius 1 is 0.423 bits per heavy atom. The highest BCUT2D eigenvalue weighted by molar-refractivity contribution is 6.10. The number of fused-ring (bicyclic) bond motifs is 4. The van der Waals surface area contributed by atoms with Crippen LogP contribution in [0.3, 0.4) is 0 Å². The van der Waals surface area contributed by atoms with Crippen molar-refractivity contribution in [2.24, 2.45) is 0 Å². The van der Waals surface area contributed by atoms with Gasteiger partial charge in [-0.15, -0.1) is 0 Å². The van der Waals surface area contributed by atoms with Crippen LogP contribution in [0.15, 0.2) is 186 Å². The van der Waals surface area contributed by atoms with E-state index in [4.69, 9.17) is 4.42 Å². The Balaban J connectivity index is 1.24. The van der Waals surface area contributed by atoms with Gasteiger partial charge in [0.15, 0.2) is 5.58 Å². The van der Waals surface area contributed by atoms with Crippen molar-refractivity contribution >= 4 is 49.8 Å². The molecule has 0 fully saturated rings. The van der Waals surface area contributed by atoms with E-state index in [1.807, 2.05) is 6.07 Å². The second-order valence-corrected chi connectivity index (χ2v) is 14.6. The van der Waals surface area contributed by atoms with Gasteiger partial charge in [-0.25, -0.2) is 0 Å². The van der Waals surface area contributed by atoms with Crippen LogP contribution in [0.2, 0.25) is 0 Å². The molecule has 0 N–H and O–H groups in total. The van der Waals surface area contributed by atoms with Gasteiger partial charge in [0.2, 0.25) is 0 Å². The number of para-hydroxylation sites is 2. The Morgan fingerprint density at radius 3 is 1.81 bits per heavy atom. The van der Waals surface area contributed by atoms with Crippen molar-refractivity contribution in [3.05, 3.63) is 188 Å². The molecule has 0 saturated heterocycles. The van der Waals surface area contributed by atoms with Gasteiger partial charge >= 0.3 is 0 Å². The molecule has 0 saturated carbocycles. The van der Waals surface area contributed by atoms with Crippen LogP contribution >= 0.6 is 0 Å². The summed E-state index contributed by atoms with van der Waals surface area (Å²) in [7, 11) is 0. The molecule has 0 unspecified atom stereocenters. The number of nitrogens with zero attached hydrogens (tertiary/aromatic N) is 1. The quantitative estimate of drug-likeness (QED) is 0.175. The van der Waals surface area contributed by atoms with E-state index in [1.165, 1.54) is 49.7 Å². The molecular formula is C50H39NO. The minimum Gasteiger partial charge on any atom is -0.454 e. The van der Waals surface area contributed by atoms with Crippen molar-refractivity contribution in [2.75, 3.05) is 4.90 Å². The van der Waals surface area contributed by atoms with Crippen molar-refractivity contribution in [2.45, 2.75) is 26.2 Å². The first kappa shape index (κ1) is 31.6. The molecule has 250 valence electrons. The van der Waals surface area contributed by atoms with Gasteiger partial charge < -0.3 is 9.32 Å². The normalized spacial score (nSPS) is 11.8. The maximum absolute atomic E-state index is 6.65. The van der Waals surface area contributed by atoms with Crippen LogP contribution in [0.4, 0.5) is 17.1 Å². The summed E-state index contributed by atoms with van der Waals surface area (Å²) in [4.78, 5) is 2.34. The molecule has 2 heteroatoms. The minimum absolute atomic E-state index is 0.0893. The summed E-state index contributed by atoms with van der Waals surface area (Å²) in [5, 5.41) is 4.71. The summed E-state index contributed by atoms with van der Waals surface area (Å²) in [6.07, 6.45) is 0. The molecule has 9 aromatic rings. The average Bonchev–Trinajstić information content (AvgIpc) is 3.58. The van der Waals surface area contributed by atoms with Crippen LogP contribution in [0.5, 0.6) is 0 Å². The third-order valence-corrected chi connectivity index (χ3v) is 10.3. The Hall–Kier alpha value is -6.38. The first-order chi connectivity index (χ1) is 25.4. The molecule has 0 aliphatic heterocycles. The highest BCUT2D eigenvalue weighted by atomic mass is 16.3. The minimum atomic E-state index is 0.0893. The number of anilines is 3. The first-order valence-electron chi connectivity index (χ1n) is 18.0. The van der Waals surface area contributed by atoms with Crippen molar-refractivity contribution in [1.29, 1.82) is 0 Å². The lowest BCUT2D eigenvalue weighted by Crippen LogP contribution is -2.11. The molecule has 52 heavy (non-hydrogen) atoms. The monoisotopic (exact) mass is 669 g/mol. The standard InChI is InChI=1S/C50H39NO/c1-50(2,3)38-27-23-36(24-28-38)43-32-31-40(33-46(43)35-13-5-4-6-14-35)51(47-21-12-20-45-44-18-9-10-22-48(44)52-49(45)47)39-29-25-37(26-30-39)42-19-11-16-34-15-7-8-17-41(34)42/h4-33H,1-3H3. The predicted octanol–water partition coefficient (Wildman–Crippen LogP) is 14.5. The van der Waals surface area contributed by atoms with E-state index in [1.54, 1.807) is 0 Å². The van der Waals surface area contributed by atoms with E-state index >= 15 is 0 Å². The van der Waals surface area contributed by atoms with Gasteiger partial charge in [0.25, 0.3) is 0 Å². The second-order valence-electron chi connectivity index (χ2n) is 14.6. The van der Waals surface area contributed by atoms with Gasteiger partial charge in [0.1, 0.15) is 5.58 Å². The SMILES string of the molecule is CC(C)(C)c1ccc(-c2ccc(N(c3ccc(-c4cccc5ccccc45)cc3)c3cccc4c3oc3ccccc34)cc2-c2ccccc2)cc1. The molecule has 0 radical (unpaired) electrons. The predicted molar refractivity (Wildman–Crippen MR) is 221 cm³/mol. The average molecular weight is 670 g/mol. The van der Waals surface area contributed by atoms with E-state index in [-0.39, 0.29) is 5.41 Å². The summed E-state index contributed by atoms with van der Waals surface area (Å²) >= 11 is 0. The molecular weight excluding hydrogens is 631 g/mol. The van der Waals surface area contributed by atoms with E-state index in [0.29, 0.717) is 0 Å². The number of benzene rings is 8. The van der Waals surface area contributed by atoms with Gasteiger partial charge in [0, 0.05) is 22.1 Å². The molecule has 0 aliphatic carbocycles. The molecule has 0 aliphatic rings. The molecule has 0 spiro atoms. The Labute approximate surface area is 305 Å². The number of hydrogen-bond acceptors (Lipinski definition) is 2. The van der Waals surface area contributed by atoms with Gasteiger partial charge in [-0.1, -0.05) is 166 Å². The number of furan rings is 1. The topological polar surface area (TPSA) is 16.4 Å². The lowest BCUT2D eigenvalue weighted by atomic mass is 9.85. The largest absolute Gasteiger partial charge is 0.454 e. The third kappa shape index (κ3) is 5.63. The zero-order valence-electron chi connectivity index (χ0n) is 29.7. The highest BCUT2D eigenvalue weighted by Gasteiger charge is 2.22. The van der Waals surface area contributed by atoms with Crippen LogP contribution in [0.1, 0.15) is 26.3 Å². The summed E-state index contributed by atoms with van der Waals surface area (Å²) in [5.74, 6) is 0. The fourth-order valence-corrected chi connectivity index (χ4v) is 7.53. The molecule has 0 atom stereocenters. The molecule has 1 aromatic heterocycles. The summed E-state index contributed by atoms with van der Waals surface area (Å²) in [6, 6.07) is 65.5. The summed E-state index contributed by atoms with van der Waals surface area (Å²) < 4.78 is 6.65. The van der Waals surface area contributed by atoms with Crippen LogP contribution in [0, 0.1) is 0 Å². The lowest BCUT2D eigenvalue weighted by Gasteiger charge is -2.27. The number of rotatable bonds is 6. The maximum Gasteiger partial charge on any atom is 0.159 e. The summed E-state index contributed by atoms with van der Waals surface area (Å²) in [5.41, 5.74) is 13.4. The Bertz CT molecular complexity index is 2690. The first-order valence-corrected chi connectivity index (χ1v) is 18.0. The van der Waals surface area contributed by atoms with Gasteiger partial charge in [0.05, 0.1) is 5.69 Å². The van der Waals surface area contributed by atoms with Crippen LogP contribution < -0.4 is 4.90 Å². The fraction of sp³-hybridized carbons (Fsp3) is 0.0800. The van der Waals surface area contributed by atoms with E-state index in [2.05, 4.69) is 202 Å². The molecule has 9 rings (SSSR count). The molecule has 2 nitrogen and oxygen atoms in total. The third-order valence-electron chi connectivity index (χ3n) is 10.3. The Morgan fingerprint density at radius 2 is 1.02 bits per heavy atom. The molecule has 8 aromatic carbocycles. The van der Waals surface area contributed by atoms with Gasteiger partial charge in [-0.05, 0) is 91.5 Å². The lowest BCUT2D eigenvalue weighted by molar-refractivity contribution is 0.590. The summed E-state index contributed by atoms with van der Waals surface area (Å²) in [6.45, 7) is 6.79. The van der Waals surface area contributed by atoms with Crippen LogP contribution in [0.25, 0.3) is 66.1 Å². The van der Waals surface area contributed by atoms with Gasteiger partial charge in [-0.2, -0.15) is 0 Å². The van der Waals surface area contributed by atoms with Crippen LogP contribution in [-0.2, 0) is 5.41 Å². The van der Waals surface area contributed by atoms with Crippen LogP contribution in [-0.4, -0.2) is 0 Å². The fourth-order valence-electron chi connectivity index (χ4n) is 7.53.